The van der Waals surface area contributed by atoms with Crippen molar-refractivity contribution in [3.63, 3.8) is 0 Å². The first-order chi connectivity index (χ1) is 4.66. The van der Waals surface area contributed by atoms with E-state index >= 15 is 0 Å². The molecule has 4 nitrogen and oxygen atoms in total. The van der Waals surface area contributed by atoms with Gasteiger partial charge in [0.25, 0.3) is 0 Å². The van der Waals surface area contributed by atoms with Crippen LogP contribution in [-0.2, 0) is 18.1 Å². The Hall–Kier alpha value is 0.110. The summed E-state index contributed by atoms with van der Waals surface area (Å²) in [5.41, 5.74) is 0. The van der Waals surface area contributed by atoms with E-state index in [2.05, 4.69) is 4.52 Å². The van der Waals surface area contributed by atoms with E-state index in [1.807, 2.05) is 6.92 Å². The second-order valence-electron chi connectivity index (χ2n) is 2.17. The molecule has 0 aromatic rings. The first kappa shape index (κ1) is 8.21. The number of phosphoric ester groups is 1. The van der Waals surface area contributed by atoms with Crippen LogP contribution in [0, 0.1) is 0 Å². The van der Waals surface area contributed by atoms with E-state index in [9.17, 15) is 4.57 Å². The number of phosphoric acid groups is 1. The van der Waals surface area contributed by atoms with Crippen LogP contribution < -0.4 is 0 Å². The summed E-state index contributed by atoms with van der Waals surface area (Å²) in [5, 5.41) is 0. The van der Waals surface area contributed by atoms with Crippen molar-refractivity contribution in [2.24, 2.45) is 0 Å². The predicted octanol–water partition coefficient (Wildman–Crippen LogP) is 1.57. The molecule has 1 aliphatic rings. The summed E-state index contributed by atoms with van der Waals surface area (Å²) in [6, 6.07) is 0. The lowest BCUT2D eigenvalue weighted by molar-refractivity contribution is 0.0466. The fourth-order valence-electron chi connectivity index (χ4n) is 0.730. The van der Waals surface area contributed by atoms with Gasteiger partial charge in [0.05, 0.1) is 12.7 Å². The largest absolute Gasteiger partial charge is 0.474 e. The molecule has 0 amide bonds. The zero-order valence-corrected chi connectivity index (χ0v) is 6.97. The quantitative estimate of drug-likeness (QED) is 0.554. The summed E-state index contributed by atoms with van der Waals surface area (Å²) >= 11 is 0. The fraction of sp³-hybridized carbons (Fsp3) is 1.00. The van der Waals surface area contributed by atoms with Crippen molar-refractivity contribution in [1.29, 1.82) is 0 Å². The van der Waals surface area contributed by atoms with Crippen LogP contribution in [0.5, 0.6) is 0 Å². The average molecular weight is 166 g/mol. The van der Waals surface area contributed by atoms with E-state index in [1.54, 1.807) is 0 Å². The molecule has 0 aliphatic carbocycles. The highest BCUT2D eigenvalue weighted by Crippen LogP contribution is 2.52. The standard InChI is InChI=1S/C5H11O4P/c1-5-3-4-8-10(6,7-2)9-5/h5H,3-4H2,1-2H3. The van der Waals surface area contributed by atoms with Gasteiger partial charge in [0.15, 0.2) is 0 Å². The smallest absolute Gasteiger partial charge is 0.290 e. The summed E-state index contributed by atoms with van der Waals surface area (Å²) in [4.78, 5) is 0. The highest BCUT2D eigenvalue weighted by Gasteiger charge is 2.31. The summed E-state index contributed by atoms with van der Waals surface area (Å²) < 4.78 is 25.4. The molecular formula is C5H11O4P. The van der Waals surface area contributed by atoms with E-state index in [1.165, 1.54) is 7.11 Å². The van der Waals surface area contributed by atoms with E-state index < -0.39 is 7.82 Å². The minimum atomic E-state index is -3.15. The Morgan fingerprint density at radius 2 is 2.40 bits per heavy atom. The van der Waals surface area contributed by atoms with Crippen LogP contribution in [0.25, 0.3) is 0 Å². The van der Waals surface area contributed by atoms with E-state index in [0.717, 1.165) is 6.42 Å². The molecule has 0 N–H and O–H groups in total. The van der Waals surface area contributed by atoms with Gasteiger partial charge < -0.3 is 0 Å². The summed E-state index contributed by atoms with van der Waals surface area (Å²) in [6.07, 6.45) is 0.743. The Kier molecular flexibility index (Phi) is 2.47. The number of rotatable bonds is 1. The van der Waals surface area contributed by atoms with Crippen molar-refractivity contribution in [3.05, 3.63) is 0 Å². The molecule has 60 valence electrons. The minimum Gasteiger partial charge on any atom is -0.290 e. The SMILES string of the molecule is COP1(=O)OCCC(C)O1. The molecule has 2 unspecified atom stereocenters. The van der Waals surface area contributed by atoms with Gasteiger partial charge in [0.2, 0.25) is 0 Å². The third kappa shape index (κ3) is 1.80. The summed E-state index contributed by atoms with van der Waals surface area (Å²) in [7, 11) is -1.83. The van der Waals surface area contributed by atoms with Crippen LogP contribution in [0.1, 0.15) is 13.3 Å². The van der Waals surface area contributed by atoms with E-state index in [-0.39, 0.29) is 6.10 Å². The Morgan fingerprint density at radius 1 is 1.70 bits per heavy atom. The van der Waals surface area contributed by atoms with Crippen LogP contribution in [0.3, 0.4) is 0 Å². The summed E-state index contributed by atoms with van der Waals surface area (Å²) in [6.45, 7) is 2.29. The highest BCUT2D eigenvalue weighted by molar-refractivity contribution is 7.48. The zero-order chi connectivity index (χ0) is 7.61. The molecule has 10 heavy (non-hydrogen) atoms. The molecular weight excluding hydrogens is 155 g/mol. The Morgan fingerprint density at radius 3 is 2.80 bits per heavy atom. The Labute approximate surface area is 60.1 Å². The molecule has 2 atom stereocenters. The van der Waals surface area contributed by atoms with Gasteiger partial charge in [0, 0.05) is 7.11 Å². The first-order valence-corrected chi connectivity index (χ1v) is 4.61. The zero-order valence-electron chi connectivity index (χ0n) is 6.07. The topological polar surface area (TPSA) is 44.8 Å². The molecule has 0 aromatic carbocycles. The van der Waals surface area contributed by atoms with Gasteiger partial charge in [-0.1, -0.05) is 0 Å². The lowest BCUT2D eigenvalue weighted by atomic mass is 10.3. The van der Waals surface area contributed by atoms with Gasteiger partial charge >= 0.3 is 7.82 Å². The molecule has 1 heterocycles. The lowest BCUT2D eigenvalue weighted by Gasteiger charge is -2.25. The maximum Gasteiger partial charge on any atom is 0.474 e. The second-order valence-corrected chi connectivity index (χ2v) is 3.90. The number of hydrogen-bond acceptors (Lipinski definition) is 4. The molecule has 0 radical (unpaired) electrons. The van der Waals surface area contributed by atoms with Crippen LogP contribution in [0.15, 0.2) is 0 Å². The third-order valence-electron chi connectivity index (χ3n) is 1.31. The molecule has 0 bridgehead atoms. The average Bonchev–Trinajstić information content (AvgIpc) is 1.88. The maximum atomic E-state index is 11.1. The van der Waals surface area contributed by atoms with Gasteiger partial charge in [-0.2, -0.15) is 0 Å². The van der Waals surface area contributed by atoms with Gasteiger partial charge in [-0.15, -0.1) is 0 Å². The van der Waals surface area contributed by atoms with Crippen molar-refractivity contribution >= 4 is 7.82 Å². The van der Waals surface area contributed by atoms with E-state index in [4.69, 9.17) is 9.05 Å². The molecule has 5 heteroatoms. The number of hydrogen-bond donors (Lipinski definition) is 0. The molecule has 0 spiro atoms. The predicted molar refractivity (Wildman–Crippen MR) is 35.7 cm³/mol. The molecule has 1 rings (SSSR count). The van der Waals surface area contributed by atoms with Crippen molar-refractivity contribution in [2.45, 2.75) is 19.4 Å². The molecule has 1 saturated heterocycles. The van der Waals surface area contributed by atoms with Crippen LogP contribution in [-0.4, -0.2) is 19.8 Å². The van der Waals surface area contributed by atoms with Crippen molar-refractivity contribution in [2.75, 3.05) is 13.7 Å². The fourth-order valence-corrected chi connectivity index (χ4v) is 1.86. The summed E-state index contributed by atoms with van der Waals surface area (Å²) in [5.74, 6) is 0. The molecule has 1 aliphatic heterocycles. The third-order valence-corrected chi connectivity index (χ3v) is 2.87. The molecule has 1 fully saturated rings. The Balaban J connectivity index is 2.54. The Bertz CT molecular complexity index is 158. The highest BCUT2D eigenvalue weighted by atomic mass is 31.2. The van der Waals surface area contributed by atoms with Gasteiger partial charge in [-0.3, -0.25) is 13.6 Å². The minimum absolute atomic E-state index is 0.0282. The van der Waals surface area contributed by atoms with Crippen molar-refractivity contribution in [3.8, 4) is 0 Å². The van der Waals surface area contributed by atoms with Crippen LogP contribution >= 0.6 is 7.82 Å². The first-order valence-electron chi connectivity index (χ1n) is 3.15. The van der Waals surface area contributed by atoms with Gasteiger partial charge in [0.1, 0.15) is 0 Å². The monoisotopic (exact) mass is 166 g/mol. The van der Waals surface area contributed by atoms with E-state index in [0.29, 0.717) is 6.61 Å². The van der Waals surface area contributed by atoms with Crippen molar-refractivity contribution < 1.29 is 18.1 Å². The lowest BCUT2D eigenvalue weighted by Crippen LogP contribution is -2.17. The maximum absolute atomic E-state index is 11.1. The molecule has 0 aromatic heterocycles. The molecule has 0 saturated carbocycles. The second kappa shape index (κ2) is 3.01. The van der Waals surface area contributed by atoms with Gasteiger partial charge in [-0.25, -0.2) is 4.57 Å². The van der Waals surface area contributed by atoms with Crippen LogP contribution in [0.2, 0.25) is 0 Å². The van der Waals surface area contributed by atoms with Crippen molar-refractivity contribution in [1.82, 2.24) is 0 Å². The normalized spacial score (nSPS) is 41.6. The van der Waals surface area contributed by atoms with Gasteiger partial charge in [-0.05, 0) is 13.3 Å². The van der Waals surface area contributed by atoms with Crippen LogP contribution in [0.4, 0.5) is 0 Å².